The number of fused-ring (bicyclic) bond motifs is 1. The second-order valence-electron chi connectivity index (χ2n) is 4.45. The minimum Gasteiger partial charge on any atom is -0.291 e. The van der Waals surface area contributed by atoms with Crippen LogP contribution in [0.1, 0.15) is 16.2 Å². The molecule has 0 fully saturated rings. The van der Waals surface area contributed by atoms with Gasteiger partial charge in [-0.25, -0.2) is 9.20 Å². The van der Waals surface area contributed by atoms with Crippen molar-refractivity contribution in [3.8, 4) is 0 Å². The summed E-state index contributed by atoms with van der Waals surface area (Å²) in [6.45, 7) is 0. The van der Waals surface area contributed by atoms with Crippen LogP contribution in [0.15, 0.2) is 30.6 Å². The van der Waals surface area contributed by atoms with E-state index in [-0.39, 0.29) is 11.5 Å². The summed E-state index contributed by atoms with van der Waals surface area (Å²) in [5, 5.41) is 9.50. The molecule has 3 rings (SSSR count). The van der Waals surface area contributed by atoms with E-state index in [2.05, 4.69) is 20.5 Å². The van der Waals surface area contributed by atoms with E-state index < -0.39 is 17.9 Å². The van der Waals surface area contributed by atoms with Gasteiger partial charge < -0.3 is 0 Å². The maximum atomic E-state index is 12.5. The molecule has 0 aliphatic rings. The van der Waals surface area contributed by atoms with E-state index in [0.29, 0.717) is 5.52 Å². The van der Waals surface area contributed by atoms with Gasteiger partial charge in [0.1, 0.15) is 0 Å². The largest absolute Gasteiger partial charge is 0.453 e. The fourth-order valence-corrected chi connectivity index (χ4v) is 1.85. The maximum absolute atomic E-state index is 12.5. The quantitative estimate of drug-likeness (QED) is 0.782. The Morgan fingerprint density at radius 1 is 1.32 bits per heavy atom. The molecule has 0 spiro atoms. The van der Waals surface area contributed by atoms with Gasteiger partial charge in [-0.1, -0.05) is 0 Å². The number of carbonyl (C=O) groups is 1. The Balaban J connectivity index is 1.86. The number of hydrogen-bond donors (Lipinski definition) is 1. The molecule has 22 heavy (non-hydrogen) atoms. The number of pyridine rings is 1. The van der Waals surface area contributed by atoms with Gasteiger partial charge in [0, 0.05) is 25.0 Å². The number of aryl methyl sites for hydroxylation is 1. The molecule has 3 heterocycles. The first-order valence-electron chi connectivity index (χ1n) is 6.07. The Morgan fingerprint density at radius 3 is 2.77 bits per heavy atom. The van der Waals surface area contributed by atoms with Crippen molar-refractivity contribution in [1.29, 1.82) is 0 Å². The SMILES string of the molecule is Cn1nc(C(F)(F)F)nc1NC(=O)c1ccn2nccc2c1. The lowest BCUT2D eigenvalue weighted by molar-refractivity contribution is -0.144. The average molecular weight is 310 g/mol. The van der Waals surface area contributed by atoms with E-state index in [1.54, 1.807) is 29.0 Å². The fraction of sp³-hybridized carbons (Fsp3) is 0.167. The highest BCUT2D eigenvalue weighted by molar-refractivity contribution is 6.04. The Kier molecular flexibility index (Phi) is 3.08. The highest BCUT2D eigenvalue weighted by atomic mass is 19.4. The first-order valence-corrected chi connectivity index (χ1v) is 6.07. The highest BCUT2D eigenvalue weighted by Crippen LogP contribution is 2.27. The molecule has 0 saturated heterocycles. The molecule has 0 unspecified atom stereocenters. The number of anilines is 1. The number of carbonyl (C=O) groups excluding carboxylic acids is 1. The molecule has 3 aromatic rings. The number of hydrogen-bond acceptors (Lipinski definition) is 4. The number of nitrogens with zero attached hydrogens (tertiary/aromatic N) is 5. The van der Waals surface area contributed by atoms with Crippen LogP contribution in [0.5, 0.6) is 0 Å². The van der Waals surface area contributed by atoms with E-state index in [1.807, 2.05) is 0 Å². The van der Waals surface area contributed by atoms with Crippen molar-refractivity contribution >= 4 is 17.4 Å². The van der Waals surface area contributed by atoms with Crippen molar-refractivity contribution in [2.24, 2.45) is 7.05 Å². The monoisotopic (exact) mass is 310 g/mol. The fourth-order valence-electron chi connectivity index (χ4n) is 1.85. The van der Waals surface area contributed by atoms with E-state index in [4.69, 9.17) is 0 Å². The van der Waals surface area contributed by atoms with E-state index in [0.717, 1.165) is 4.68 Å². The van der Waals surface area contributed by atoms with Gasteiger partial charge in [-0.15, -0.1) is 5.10 Å². The zero-order valence-corrected chi connectivity index (χ0v) is 11.2. The molecule has 7 nitrogen and oxygen atoms in total. The highest BCUT2D eigenvalue weighted by Gasteiger charge is 2.37. The van der Waals surface area contributed by atoms with Crippen molar-refractivity contribution in [1.82, 2.24) is 24.4 Å². The smallest absolute Gasteiger partial charge is 0.291 e. The van der Waals surface area contributed by atoms with Crippen LogP contribution in [0.4, 0.5) is 19.1 Å². The van der Waals surface area contributed by atoms with Crippen LogP contribution >= 0.6 is 0 Å². The van der Waals surface area contributed by atoms with Gasteiger partial charge >= 0.3 is 6.18 Å². The molecule has 0 aliphatic heterocycles. The Hall–Kier alpha value is -2.91. The summed E-state index contributed by atoms with van der Waals surface area (Å²) in [7, 11) is 1.26. The van der Waals surface area contributed by atoms with Crippen molar-refractivity contribution in [3.63, 3.8) is 0 Å². The van der Waals surface area contributed by atoms with Gasteiger partial charge in [0.25, 0.3) is 11.7 Å². The van der Waals surface area contributed by atoms with Crippen LogP contribution in [-0.2, 0) is 13.2 Å². The molecule has 0 aliphatic carbocycles. The summed E-state index contributed by atoms with van der Waals surface area (Å²) in [5.74, 6) is -2.19. The molecule has 1 N–H and O–H groups in total. The normalized spacial score (nSPS) is 11.8. The average Bonchev–Trinajstić information content (AvgIpc) is 3.04. The standard InChI is InChI=1S/C12H9F3N6O/c1-20-11(18-10(19-20)12(13,14)15)17-9(22)7-3-5-21-8(6-7)2-4-16-21/h2-6H,1H3,(H,17,18,19,22). The predicted octanol–water partition coefficient (Wildman–Crippen LogP) is 1.73. The summed E-state index contributed by atoms with van der Waals surface area (Å²) in [4.78, 5) is 15.4. The number of amides is 1. The second kappa shape index (κ2) is 4.83. The third kappa shape index (κ3) is 2.50. The Labute approximate surface area is 121 Å². The van der Waals surface area contributed by atoms with Crippen LogP contribution in [0, 0.1) is 0 Å². The van der Waals surface area contributed by atoms with Crippen molar-refractivity contribution in [3.05, 3.63) is 42.0 Å². The lowest BCUT2D eigenvalue weighted by atomic mass is 10.2. The number of rotatable bonds is 2. The summed E-state index contributed by atoms with van der Waals surface area (Å²) >= 11 is 0. The molecule has 0 bridgehead atoms. The molecule has 3 aromatic heterocycles. The zero-order valence-electron chi connectivity index (χ0n) is 11.2. The molecular weight excluding hydrogens is 301 g/mol. The van der Waals surface area contributed by atoms with Crippen LogP contribution in [0.3, 0.4) is 0 Å². The minimum atomic E-state index is -4.67. The first kappa shape index (κ1) is 14.0. The maximum Gasteiger partial charge on any atom is 0.453 e. The Bertz CT molecular complexity index is 850. The lowest BCUT2D eigenvalue weighted by Crippen LogP contribution is -2.15. The minimum absolute atomic E-state index is 0.268. The summed E-state index contributed by atoms with van der Waals surface area (Å²) in [5.41, 5.74) is 0.950. The van der Waals surface area contributed by atoms with Crippen molar-refractivity contribution in [2.45, 2.75) is 6.18 Å². The van der Waals surface area contributed by atoms with Gasteiger partial charge in [-0.05, 0) is 18.2 Å². The van der Waals surface area contributed by atoms with Gasteiger partial charge in [0.2, 0.25) is 5.95 Å². The van der Waals surface area contributed by atoms with Gasteiger partial charge in [0.05, 0.1) is 5.52 Å². The first-order chi connectivity index (χ1) is 10.3. The van der Waals surface area contributed by atoms with Gasteiger partial charge in [-0.3, -0.25) is 10.1 Å². The van der Waals surface area contributed by atoms with Crippen LogP contribution in [0.25, 0.3) is 5.52 Å². The van der Waals surface area contributed by atoms with Gasteiger partial charge in [-0.2, -0.15) is 23.3 Å². The van der Waals surface area contributed by atoms with Crippen molar-refractivity contribution in [2.75, 3.05) is 5.32 Å². The van der Waals surface area contributed by atoms with Crippen molar-refractivity contribution < 1.29 is 18.0 Å². The van der Waals surface area contributed by atoms with Crippen LogP contribution < -0.4 is 5.32 Å². The van der Waals surface area contributed by atoms with E-state index in [9.17, 15) is 18.0 Å². The molecule has 0 saturated carbocycles. The Morgan fingerprint density at radius 2 is 2.09 bits per heavy atom. The predicted molar refractivity (Wildman–Crippen MR) is 69.2 cm³/mol. The number of alkyl halides is 3. The molecule has 10 heteroatoms. The lowest BCUT2D eigenvalue weighted by Gasteiger charge is -2.04. The molecular formula is C12H9F3N6O. The molecule has 0 aromatic carbocycles. The number of aromatic nitrogens is 5. The van der Waals surface area contributed by atoms with E-state index in [1.165, 1.54) is 13.1 Å². The summed E-state index contributed by atoms with van der Waals surface area (Å²) in [6, 6.07) is 4.75. The van der Waals surface area contributed by atoms with Gasteiger partial charge in [0.15, 0.2) is 0 Å². The van der Waals surface area contributed by atoms with Crippen LogP contribution in [0.2, 0.25) is 0 Å². The summed E-state index contributed by atoms with van der Waals surface area (Å²) in [6.07, 6.45) is -1.53. The topological polar surface area (TPSA) is 77.1 Å². The number of halogens is 3. The third-order valence-corrected chi connectivity index (χ3v) is 2.90. The molecule has 0 atom stereocenters. The molecule has 1 amide bonds. The molecule has 114 valence electrons. The summed E-state index contributed by atoms with van der Waals surface area (Å²) < 4.78 is 40.0. The second-order valence-corrected chi connectivity index (χ2v) is 4.45. The van der Waals surface area contributed by atoms with E-state index >= 15 is 0 Å². The molecule has 0 radical (unpaired) electrons. The third-order valence-electron chi connectivity index (χ3n) is 2.90. The van der Waals surface area contributed by atoms with Crippen LogP contribution in [-0.4, -0.2) is 30.3 Å². The number of nitrogens with one attached hydrogen (secondary N) is 1. The zero-order chi connectivity index (χ0) is 15.9.